The van der Waals surface area contributed by atoms with E-state index in [9.17, 15) is 4.79 Å². The summed E-state index contributed by atoms with van der Waals surface area (Å²) in [5.41, 5.74) is 0.693. The topological polar surface area (TPSA) is 77.7 Å². The highest BCUT2D eigenvalue weighted by atomic mass is 32.1. The first kappa shape index (κ1) is 15.3. The van der Waals surface area contributed by atoms with E-state index in [4.69, 9.17) is 4.98 Å². The Morgan fingerprint density at radius 3 is 3.17 bits per heavy atom. The van der Waals surface area contributed by atoms with Gasteiger partial charge in [0.1, 0.15) is 11.6 Å². The Morgan fingerprint density at radius 1 is 1.42 bits per heavy atom. The molecule has 0 radical (unpaired) electrons. The predicted octanol–water partition coefficient (Wildman–Crippen LogP) is 2.60. The highest BCUT2D eigenvalue weighted by molar-refractivity contribution is 7.13. The first-order valence-corrected chi connectivity index (χ1v) is 9.01. The van der Waals surface area contributed by atoms with Gasteiger partial charge in [-0.2, -0.15) is 0 Å². The summed E-state index contributed by atoms with van der Waals surface area (Å²) in [6.07, 6.45) is 5.77. The Bertz CT molecular complexity index is 840. The molecule has 4 rings (SSSR count). The summed E-state index contributed by atoms with van der Waals surface area (Å²) in [7, 11) is 0. The van der Waals surface area contributed by atoms with Gasteiger partial charge in [0.25, 0.3) is 5.56 Å². The van der Waals surface area contributed by atoms with Gasteiger partial charge in [0, 0.05) is 30.9 Å². The molecule has 1 fully saturated rings. The molecular weight excluding hydrogens is 322 g/mol. The highest BCUT2D eigenvalue weighted by Crippen LogP contribution is 2.27. The van der Waals surface area contributed by atoms with E-state index in [1.165, 1.54) is 0 Å². The van der Waals surface area contributed by atoms with Gasteiger partial charge < -0.3 is 9.97 Å². The average molecular weight is 341 g/mol. The molecule has 24 heavy (non-hydrogen) atoms. The molecule has 0 aromatic carbocycles. The number of aromatic amines is 2. The molecule has 0 saturated carbocycles. The van der Waals surface area contributed by atoms with Gasteiger partial charge in [-0.25, -0.2) is 9.97 Å². The Hall–Kier alpha value is -2.25. The zero-order chi connectivity index (χ0) is 16.4. The number of nitrogens with zero attached hydrogens (tertiary/aromatic N) is 3. The molecule has 1 saturated heterocycles. The van der Waals surface area contributed by atoms with E-state index in [-0.39, 0.29) is 11.5 Å². The summed E-state index contributed by atoms with van der Waals surface area (Å²) < 4.78 is 0. The number of nitrogens with one attached hydrogen (secondary N) is 2. The van der Waals surface area contributed by atoms with E-state index in [0.29, 0.717) is 0 Å². The number of hydrogen-bond donors (Lipinski definition) is 2. The predicted molar refractivity (Wildman–Crippen MR) is 94.0 cm³/mol. The second kappa shape index (κ2) is 6.70. The van der Waals surface area contributed by atoms with E-state index in [1.807, 2.05) is 23.7 Å². The number of thiophene rings is 1. The van der Waals surface area contributed by atoms with Gasteiger partial charge in [-0.1, -0.05) is 6.07 Å². The van der Waals surface area contributed by atoms with Crippen LogP contribution < -0.4 is 5.56 Å². The van der Waals surface area contributed by atoms with Gasteiger partial charge in [-0.3, -0.25) is 9.69 Å². The van der Waals surface area contributed by atoms with Crippen LogP contribution in [0.25, 0.3) is 10.6 Å². The zero-order valence-electron chi connectivity index (χ0n) is 13.2. The maximum Gasteiger partial charge on any atom is 0.251 e. The van der Waals surface area contributed by atoms with Crippen LogP contribution in [0.5, 0.6) is 0 Å². The van der Waals surface area contributed by atoms with Crippen molar-refractivity contribution >= 4 is 11.3 Å². The van der Waals surface area contributed by atoms with E-state index < -0.39 is 0 Å². The zero-order valence-corrected chi connectivity index (χ0v) is 14.1. The number of piperidine rings is 1. The highest BCUT2D eigenvalue weighted by Gasteiger charge is 2.24. The molecular formula is C17H19N5OS. The summed E-state index contributed by atoms with van der Waals surface area (Å²) in [5, 5.41) is 2.00. The van der Waals surface area contributed by atoms with Crippen LogP contribution in [-0.4, -0.2) is 37.9 Å². The van der Waals surface area contributed by atoms with Gasteiger partial charge in [0.15, 0.2) is 0 Å². The molecule has 1 aliphatic rings. The second-order valence-electron chi connectivity index (χ2n) is 6.10. The summed E-state index contributed by atoms with van der Waals surface area (Å²) in [5.74, 6) is 2.03. The molecule has 0 bridgehead atoms. The SMILES string of the molecule is O=c1cc(-c2cccs2)nc(C2CCCN(Cc3ncc[nH]3)C2)[nH]1. The Labute approximate surface area is 143 Å². The first-order valence-electron chi connectivity index (χ1n) is 8.14. The van der Waals surface area contributed by atoms with E-state index in [0.717, 1.165) is 54.7 Å². The quantitative estimate of drug-likeness (QED) is 0.765. The van der Waals surface area contributed by atoms with E-state index in [2.05, 4.69) is 19.9 Å². The minimum absolute atomic E-state index is 0.0773. The molecule has 0 spiro atoms. The lowest BCUT2D eigenvalue weighted by Crippen LogP contribution is -2.35. The maximum atomic E-state index is 12.1. The van der Waals surface area contributed by atoms with Gasteiger partial charge in [0.05, 0.1) is 17.1 Å². The number of H-pyrrole nitrogens is 2. The Morgan fingerprint density at radius 2 is 2.38 bits per heavy atom. The fourth-order valence-electron chi connectivity index (χ4n) is 3.24. The van der Waals surface area contributed by atoms with Gasteiger partial charge in [-0.15, -0.1) is 11.3 Å². The summed E-state index contributed by atoms with van der Waals surface area (Å²) >= 11 is 1.61. The fourth-order valence-corrected chi connectivity index (χ4v) is 3.93. The van der Waals surface area contributed by atoms with Crippen LogP contribution in [0.1, 0.15) is 30.4 Å². The largest absolute Gasteiger partial charge is 0.348 e. The molecule has 4 heterocycles. The fraction of sp³-hybridized carbons (Fsp3) is 0.353. The normalized spacial score (nSPS) is 18.8. The Balaban J connectivity index is 1.55. The minimum atomic E-state index is -0.0773. The molecule has 1 aliphatic heterocycles. The summed E-state index contributed by atoms with van der Waals surface area (Å²) in [6.45, 7) is 2.74. The molecule has 1 atom stereocenters. The number of likely N-dealkylation sites (tertiary alicyclic amines) is 1. The van der Waals surface area contributed by atoms with Gasteiger partial charge in [0.2, 0.25) is 0 Å². The van der Waals surface area contributed by atoms with Crippen molar-refractivity contribution in [1.29, 1.82) is 0 Å². The van der Waals surface area contributed by atoms with E-state index >= 15 is 0 Å². The number of rotatable bonds is 4. The van der Waals surface area contributed by atoms with Crippen molar-refractivity contribution in [3.63, 3.8) is 0 Å². The van der Waals surface area contributed by atoms with Crippen LogP contribution in [0.15, 0.2) is 40.8 Å². The van der Waals surface area contributed by atoms with Crippen molar-refractivity contribution < 1.29 is 0 Å². The second-order valence-corrected chi connectivity index (χ2v) is 7.05. The lowest BCUT2D eigenvalue weighted by Gasteiger charge is -2.31. The smallest absolute Gasteiger partial charge is 0.251 e. The van der Waals surface area contributed by atoms with Crippen molar-refractivity contribution in [2.24, 2.45) is 0 Å². The third-order valence-corrected chi connectivity index (χ3v) is 5.25. The van der Waals surface area contributed by atoms with Gasteiger partial charge in [-0.05, 0) is 30.8 Å². The lowest BCUT2D eigenvalue weighted by atomic mass is 9.97. The lowest BCUT2D eigenvalue weighted by molar-refractivity contribution is 0.192. The average Bonchev–Trinajstić information content (AvgIpc) is 3.28. The van der Waals surface area contributed by atoms with Crippen molar-refractivity contribution in [1.82, 2.24) is 24.8 Å². The standard InChI is InChI=1S/C17H19N5OS/c23-16-9-13(14-4-2-8-24-14)20-17(21-16)12-3-1-7-22(10-12)11-15-18-5-6-19-15/h2,4-6,8-9,12H,1,3,7,10-11H2,(H,18,19)(H,20,21,23). The molecule has 6 nitrogen and oxygen atoms in total. The minimum Gasteiger partial charge on any atom is -0.348 e. The van der Waals surface area contributed by atoms with Crippen molar-refractivity contribution in [3.8, 4) is 10.6 Å². The number of hydrogen-bond acceptors (Lipinski definition) is 5. The molecule has 0 amide bonds. The monoisotopic (exact) mass is 341 g/mol. The Kier molecular flexibility index (Phi) is 4.27. The van der Waals surface area contributed by atoms with Crippen LogP contribution >= 0.6 is 11.3 Å². The van der Waals surface area contributed by atoms with Crippen molar-refractivity contribution in [3.05, 3.63) is 58.0 Å². The molecule has 7 heteroatoms. The maximum absolute atomic E-state index is 12.1. The number of imidazole rings is 1. The molecule has 3 aromatic rings. The molecule has 124 valence electrons. The van der Waals surface area contributed by atoms with Crippen molar-refractivity contribution in [2.45, 2.75) is 25.3 Å². The van der Waals surface area contributed by atoms with Crippen molar-refractivity contribution in [2.75, 3.05) is 13.1 Å². The van der Waals surface area contributed by atoms with Gasteiger partial charge >= 0.3 is 0 Å². The van der Waals surface area contributed by atoms with E-state index in [1.54, 1.807) is 23.6 Å². The first-order chi connectivity index (χ1) is 11.8. The summed E-state index contributed by atoms with van der Waals surface area (Å²) in [4.78, 5) is 30.6. The van der Waals surface area contributed by atoms with Crippen LogP contribution in [-0.2, 0) is 6.54 Å². The number of aromatic nitrogens is 4. The molecule has 3 aromatic heterocycles. The van der Waals surface area contributed by atoms with Crippen LogP contribution in [0, 0.1) is 0 Å². The van der Waals surface area contributed by atoms with Crippen LogP contribution in [0.2, 0.25) is 0 Å². The third kappa shape index (κ3) is 3.32. The van der Waals surface area contributed by atoms with Crippen LogP contribution in [0.4, 0.5) is 0 Å². The van der Waals surface area contributed by atoms with Crippen LogP contribution in [0.3, 0.4) is 0 Å². The molecule has 0 aliphatic carbocycles. The molecule has 1 unspecified atom stereocenters. The summed E-state index contributed by atoms with van der Waals surface area (Å²) in [6, 6.07) is 5.56. The third-order valence-electron chi connectivity index (χ3n) is 4.35. The molecule has 2 N–H and O–H groups in total.